The summed E-state index contributed by atoms with van der Waals surface area (Å²) in [6, 6.07) is 8.26. The summed E-state index contributed by atoms with van der Waals surface area (Å²) in [5, 5.41) is 0. The molecule has 3 rings (SSSR count). The third kappa shape index (κ3) is 5.31. The number of carbonyl (C=O) groups is 2. The number of amides is 2. The van der Waals surface area contributed by atoms with Crippen LogP contribution >= 0.6 is 0 Å². The Bertz CT molecular complexity index is 711. The zero-order valence-electron chi connectivity index (χ0n) is 18.6. The number of piperidine rings is 1. The number of methoxy groups -OCH3 is 1. The van der Waals surface area contributed by atoms with Crippen LogP contribution in [0.15, 0.2) is 24.3 Å². The molecular weight excluding hydrogens is 364 g/mol. The van der Waals surface area contributed by atoms with Crippen molar-refractivity contribution >= 4 is 11.8 Å². The van der Waals surface area contributed by atoms with Crippen molar-refractivity contribution < 1.29 is 14.3 Å². The van der Waals surface area contributed by atoms with E-state index in [1.165, 1.54) is 12.8 Å². The topological polar surface area (TPSA) is 49.9 Å². The molecule has 1 aromatic rings. The Hall–Kier alpha value is -2.04. The Kier molecular flexibility index (Phi) is 6.55. The number of hydrogen-bond acceptors (Lipinski definition) is 3. The molecule has 2 aliphatic rings. The first kappa shape index (κ1) is 21.7. The molecule has 0 bridgehead atoms. The lowest BCUT2D eigenvalue weighted by molar-refractivity contribution is -0.146. The summed E-state index contributed by atoms with van der Waals surface area (Å²) >= 11 is 0. The molecule has 1 saturated heterocycles. The van der Waals surface area contributed by atoms with Crippen molar-refractivity contribution in [1.29, 1.82) is 0 Å². The standard InChI is InChI=1S/C24H36N2O3/c1-17(19-8-9-19)26(16-18-6-10-21(29-5)11-7-18)22(27)20-12-14-25(15-13-20)23(28)24(2,3)4/h6-7,10-11,17,19-20H,8-9,12-16H2,1-5H3. The number of likely N-dealkylation sites (tertiary alicyclic amines) is 1. The molecule has 0 spiro atoms. The Labute approximate surface area is 175 Å². The zero-order chi connectivity index (χ0) is 21.2. The lowest BCUT2D eigenvalue weighted by Gasteiger charge is -2.38. The van der Waals surface area contributed by atoms with Gasteiger partial charge in [-0.3, -0.25) is 9.59 Å². The minimum absolute atomic E-state index is 0.0125. The third-order valence-electron chi connectivity index (χ3n) is 6.36. The van der Waals surface area contributed by atoms with Crippen molar-refractivity contribution in [2.24, 2.45) is 17.3 Å². The molecule has 2 amide bonds. The monoisotopic (exact) mass is 400 g/mol. The van der Waals surface area contributed by atoms with E-state index in [0.717, 1.165) is 24.2 Å². The van der Waals surface area contributed by atoms with Gasteiger partial charge in [0.2, 0.25) is 11.8 Å². The number of ether oxygens (including phenoxy) is 1. The van der Waals surface area contributed by atoms with E-state index in [0.29, 0.717) is 25.6 Å². The van der Waals surface area contributed by atoms with Crippen LogP contribution in [0.4, 0.5) is 0 Å². The number of nitrogens with zero attached hydrogens (tertiary/aromatic N) is 2. The second-order valence-corrected chi connectivity index (χ2v) is 9.71. The highest BCUT2D eigenvalue weighted by Gasteiger charge is 2.38. The second-order valence-electron chi connectivity index (χ2n) is 9.71. The smallest absolute Gasteiger partial charge is 0.227 e. The molecule has 0 N–H and O–H groups in total. The fourth-order valence-electron chi connectivity index (χ4n) is 4.22. The van der Waals surface area contributed by atoms with Crippen LogP contribution in [-0.2, 0) is 16.1 Å². The van der Waals surface area contributed by atoms with E-state index in [4.69, 9.17) is 4.74 Å². The van der Waals surface area contributed by atoms with Crippen molar-refractivity contribution in [3.8, 4) is 5.75 Å². The van der Waals surface area contributed by atoms with Gasteiger partial charge in [0.25, 0.3) is 0 Å². The van der Waals surface area contributed by atoms with Gasteiger partial charge in [-0.2, -0.15) is 0 Å². The number of carbonyl (C=O) groups excluding carboxylic acids is 2. The quantitative estimate of drug-likeness (QED) is 0.722. The van der Waals surface area contributed by atoms with Crippen LogP contribution in [0.2, 0.25) is 0 Å². The van der Waals surface area contributed by atoms with Gasteiger partial charge in [0, 0.05) is 37.0 Å². The lowest BCUT2D eigenvalue weighted by atomic mass is 9.90. The summed E-state index contributed by atoms with van der Waals surface area (Å²) in [6.45, 7) is 10.1. The van der Waals surface area contributed by atoms with E-state index < -0.39 is 0 Å². The van der Waals surface area contributed by atoms with Crippen molar-refractivity contribution in [3.63, 3.8) is 0 Å². The highest BCUT2D eigenvalue weighted by molar-refractivity contribution is 5.83. The summed E-state index contributed by atoms with van der Waals surface area (Å²) in [7, 11) is 1.66. The lowest BCUT2D eigenvalue weighted by Crippen LogP contribution is -2.49. The van der Waals surface area contributed by atoms with Crippen LogP contribution in [-0.4, -0.2) is 47.9 Å². The normalized spacial score (nSPS) is 19.0. The van der Waals surface area contributed by atoms with E-state index in [-0.39, 0.29) is 29.2 Å². The summed E-state index contributed by atoms with van der Waals surface area (Å²) in [4.78, 5) is 30.0. The van der Waals surface area contributed by atoms with Gasteiger partial charge in [-0.05, 0) is 56.2 Å². The molecule has 1 unspecified atom stereocenters. The molecule has 1 aromatic carbocycles. The number of rotatable bonds is 6. The minimum Gasteiger partial charge on any atom is -0.497 e. The Balaban J connectivity index is 1.66. The van der Waals surface area contributed by atoms with Crippen molar-refractivity contribution in [1.82, 2.24) is 9.80 Å². The van der Waals surface area contributed by atoms with Crippen LogP contribution in [0.25, 0.3) is 0 Å². The van der Waals surface area contributed by atoms with E-state index >= 15 is 0 Å². The summed E-state index contributed by atoms with van der Waals surface area (Å²) < 4.78 is 5.25. The van der Waals surface area contributed by atoms with Gasteiger partial charge in [0.15, 0.2) is 0 Å². The van der Waals surface area contributed by atoms with Crippen molar-refractivity contribution in [2.45, 2.75) is 66.0 Å². The second kappa shape index (κ2) is 8.76. The first-order chi connectivity index (χ1) is 13.7. The maximum atomic E-state index is 13.5. The fourth-order valence-corrected chi connectivity index (χ4v) is 4.22. The van der Waals surface area contributed by atoms with Gasteiger partial charge in [-0.15, -0.1) is 0 Å². The van der Waals surface area contributed by atoms with Crippen molar-refractivity contribution in [3.05, 3.63) is 29.8 Å². The Morgan fingerprint density at radius 2 is 1.69 bits per heavy atom. The maximum Gasteiger partial charge on any atom is 0.227 e. The van der Waals surface area contributed by atoms with Gasteiger partial charge in [0.05, 0.1) is 7.11 Å². The molecule has 29 heavy (non-hydrogen) atoms. The highest BCUT2D eigenvalue weighted by Crippen LogP contribution is 2.37. The first-order valence-corrected chi connectivity index (χ1v) is 10.9. The molecular formula is C24H36N2O3. The molecule has 160 valence electrons. The molecule has 5 heteroatoms. The number of benzene rings is 1. The van der Waals surface area contributed by atoms with Gasteiger partial charge in [-0.25, -0.2) is 0 Å². The molecule has 1 aliphatic carbocycles. The van der Waals surface area contributed by atoms with Gasteiger partial charge < -0.3 is 14.5 Å². The summed E-state index contributed by atoms with van der Waals surface area (Å²) in [5.41, 5.74) is 0.768. The van der Waals surface area contributed by atoms with Crippen LogP contribution < -0.4 is 4.74 Å². The van der Waals surface area contributed by atoms with Gasteiger partial charge in [-0.1, -0.05) is 32.9 Å². The fraction of sp³-hybridized carbons (Fsp3) is 0.667. The summed E-state index contributed by atoms with van der Waals surface area (Å²) in [6.07, 6.45) is 3.95. The number of hydrogen-bond donors (Lipinski definition) is 0. The Morgan fingerprint density at radius 1 is 1.10 bits per heavy atom. The van der Waals surface area contributed by atoms with Crippen molar-refractivity contribution in [2.75, 3.05) is 20.2 Å². The van der Waals surface area contributed by atoms with E-state index in [1.807, 2.05) is 49.9 Å². The zero-order valence-corrected chi connectivity index (χ0v) is 18.6. The van der Waals surface area contributed by atoms with Crippen LogP contribution in [0.5, 0.6) is 5.75 Å². The maximum absolute atomic E-state index is 13.5. The van der Waals surface area contributed by atoms with Gasteiger partial charge in [0.1, 0.15) is 5.75 Å². The first-order valence-electron chi connectivity index (χ1n) is 10.9. The van der Waals surface area contributed by atoms with E-state index in [2.05, 4.69) is 11.8 Å². The molecule has 0 aromatic heterocycles. The largest absolute Gasteiger partial charge is 0.497 e. The molecule has 2 fully saturated rings. The SMILES string of the molecule is COc1ccc(CN(C(=O)C2CCN(C(=O)C(C)(C)C)CC2)C(C)C2CC2)cc1. The summed E-state index contributed by atoms with van der Waals surface area (Å²) in [5.74, 6) is 1.91. The minimum atomic E-state index is -0.363. The predicted octanol–water partition coefficient (Wildman–Crippen LogP) is 4.11. The molecule has 1 heterocycles. The Morgan fingerprint density at radius 3 is 2.17 bits per heavy atom. The molecule has 1 aliphatic heterocycles. The molecule has 0 radical (unpaired) electrons. The van der Waals surface area contributed by atoms with Crippen LogP contribution in [0.1, 0.15) is 58.9 Å². The molecule has 1 saturated carbocycles. The van der Waals surface area contributed by atoms with E-state index in [9.17, 15) is 9.59 Å². The molecule has 1 atom stereocenters. The highest BCUT2D eigenvalue weighted by atomic mass is 16.5. The predicted molar refractivity (Wildman–Crippen MR) is 114 cm³/mol. The van der Waals surface area contributed by atoms with Gasteiger partial charge >= 0.3 is 0 Å². The molecule has 5 nitrogen and oxygen atoms in total. The average molecular weight is 401 g/mol. The third-order valence-corrected chi connectivity index (χ3v) is 6.36. The van der Waals surface area contributed by atoms with Crippen LogP contribution in [0, 0.1) is 17.3 Å². The van der Waals surface area contributed by atoms with Crippen LogP contribution in [0.3, 0.4) is 0 Å². The average Bonchev–Trinajstić information content (AvgIpc) is 3.56. The van der Waals surface area contributed by atoms with E-state index in [1.54, 1.807) is 7.11 Å².